The van der Waals surface area contributed by atoms with Gasteiger partial charge in [-0.1, -0.05) is 41.4 Å². The van der Waals surface area contributed by atoms with Crippen molar-refractivity contribution >= 4 is 34.8 Å². The van der Waals surface area contributed by atoms with E-state index in [0.717, 1.165) is 38.5 Å². The molecule has 7 heteroatoms. The van der Waals surface area contributed by atoms with Crippen molar-refractivity contribution in [1.29, 1.82) is 0 Å². The van der Waals surface area contributed by atoms with Gasteiger partial charge in [0, 0.05) is 15.7 Å². The number of hydrogen-bond donors (Lipinski definition) is 3. The summed E-state index contributed by atoms with van der Waals surface area (Å²) in [5.41, 5.74) is 0.638. The molecule has 5 nitrogen and oxygen atoms in total. The number of amides is 1. The molecule has 0 saturated carbocycles. The SMILES string of the molecule is O=C(C[NH+]1CC[NH+](CCOc2ccccc2)CC1)Nc1cc(Cl)cc(Cl)c1. The fourth-order valence-electron chi connectivity index (χ4n) is 3.27. The summed E-state index contributed by atoms with van der Waals surface area (Å²) in [6, 6.07) is 14.9. The molecule has 2 aromatic carbocycles. The number of para-hydroxylation sites is 1. The second kappa shape index (κ2) is 9.95. The van der Waals surface area contributed by atoms with Crippen molar-refractivity contribution in [2.45, 2.75) is 0 Å². The first-order valence-electron chi connectivity index (χ1n) is 9.19. The Kier molecular flexibility index (Phi) is 7.35. The zero-order valence-corrected chi connectivity index (χ0v) is 16.7. The molecule has 0 radical (unpaired) electrons. The van der Waals surface area contributed by atoms with Gasteiger partial charge in [0.05, 0.1) is 0 Å². The lowest BCUT2D eigenvalue weighted by Crippen LogP contribution is -3.28. The minimum atomic E-state index is -0.0146. The molecule has 0 unspecified atom stereocenters. The van der Waals surface area contributed by atoms with E-state index in [1.54, 1.807) is 18.2 Å². The average molecular weight is 410 g/mol. The number of carbonyl (C=O) groups excluding carboxylic acids is 1. The Morgan fingerprint density at radius 3 is 2.26 bits per heavy atom. The number of piperazine rings is 1. The number of benzene rings is 2. The van der Waals surface area contributed by atoms with E-state index in [9.17, 15) is 4.79 Å². The highest BCUT2D eigenvalue weighted by Crippen LogP contribution is 2.22. The topological polar surface area (TPSA) is 47.2 Å². The third-order valence-electron chi connectivity index (χ3n) is 4.69. The smallest absolute Gasteiger partial charge is 0.279 e. The van der Waals surface area contributed by atoms with Crippen LogP contribution in [0.5, 0.6) is 5.75 Å². The third kappa shape index (κ3) is 6.70. The van der Waals surface area contributed by atoms with Gasteiger partial charge >= 0.3 is 0 Å². The van der Waals surface area contributed by atoms with Crippen molar-refractivity contribution in [3.8, 4) is 5.75 Å². The highest BCUT2D eigenvalue weighted by Gasteiger charge is 2.24. The fraction of sp³-hybridized carbons (Fsp3) is 0.350. The molecular weight excluding hydrogens is 385 g/mol. The van der Waals surface area contributed by atoms with Crippen LogP contribution >= 0.6 is 23.2 Å². The van der Waals surface area contributed by atoms with Crippen LogP contribution in [-0.2, 0) is 4.79 Å². The van der Waals surface area contributed by atoms with Crippen molar-refractivity contribution in [3.63, 3.8) is 0 Å². The summed E-state index contributed by atoms with van der Waals surface area (Å²) < 4.78 is 5.77. The van der Waals surface area contributed by atoms with Crippen LogP contribution in [0, 0.1) is 0 Å². The van der Waals surface area contributed by atoms with Gasteiger partial charge in [-0.25, -0.2) is 0 Å². The van der Waals surface area contributed by atoms with Gasteiger partial charge in [0.2, 0.25) is 0 Å². The summed E-state index contributed by atoms with van der Waals surface area (Å²) in [4.78, 5) is 15.1. The number of nitrogens with one attached hydrogen (secondary N) is 3. The van der Waals surface area contributed by atoms with Crippen LogP contribution in [-0.4, -0.2) is 51.8 Å². The van der Waals surface area contributed by atoms with E-state index in [2.05, 4.69) is 5.32 Å². The Labute approximate surface area is 169 Å². The Balaban J connectivity index is 1.35. The molecule has 1 fully saturated rings. The molecule has 2 aromatic rings. The number of hydrogen-bond acceptors (Lipinski definition) is 2. The Morgan fingerprint density at radius 1 is 0.963 bits per heavy atom. The van der Waals surface area contributed by atoms with Gasteiger partial charge < -0.3 is 19.9 Å². The summed E-state index contributed by atoms with van der Waals surface area (Å²) in [5.74, 6) is 0.901. The van der Waals surface area contributed by atoms with Crippen molar-refractivity contribution < 1.29 is 19.3 Å². The van der Waals surface area contributed by atoms with Gasteiger partial charge in [-0.2, -0.15) is 0 Å². The number of quaternary nitrogens is 2. The third-order valence-corrected chi connectivity index (χ3v) is 5.13. The van der Waals surface area contributed by atoms with Crippen LogP contribution in [0.25, 0.3) is 0 Å². The van der Waals surface area contributed by atoms with Gasteiger partial charge in [-0.05, 0) is 30.3 Å². The lowest BCUT2D eigenvalue weighted by atomic mass is 10.3. The number of anilines is 1. The van der Waals surface area contributed by atoms with Gasteiger partial charge in [-0.15, -0.1) is 0 Å². The molecule has 144 valence electrons. The Hall–Kier alpha value is -1.79. The molecule has 0 aliphatic carbocycles. The minimum absolute atomic E-state index is 0.0146. The zero-order valence-electron chi connectivity index (χ0n) is 15.1. The summed E-state index contributed by atoms with van der Waals surface area (Å²) in [5, 5.41) is 3.91. The molecule has 27 heavy (non-hydrogen) atoms. The molecule has 3 rings (SSSR count). The highest BCUT2D eigenvalue weighted by atomic mass is 35.5. The standard InChI is InChI=1S/C20H23Cl2N3O2/c21-16-12-17(22)14-18(13-16)23-20(26)15-25-8-6-24(7-9-25)10-11-27-19-4-2-1-3-5-19/h1-5,12-14H,6-11,15H2,(H,23,26)/p+2. The molecule has 0 aromatic heterocycles. The van der Waals surface area contributed by atoms with E-state index in [0.29, 0.717) is 28.9 Å². The maximum atomic E-state index is 12.3. The van der Waals surface area contributed by atoms with Crippen molar-refractivity contribution in [2.24, 2.45) is 0 Å². The van der Waals surface area contributed by atoms with Gasteiger partial charge in [0.25, 0.3) is 5.91 Å². The molecule has 1 amide bonds. The number of carbonyl (C=O) groups is 1. The Morgan fingerprint density at radius 2 is 1.59 bits per heavy atom. The second-order valence-corrected chi connectivity index (χ2v) is 7.67. The largest absolute Gasteiger partial charge is 0.488 e. The maximum absolute atomic E-state index is 12.3. The van der Waals surface area contributed by atoms with Crippen LogP contribution in [0.15, 0.2) is 48.5 Å². The van der Waals surface area contributed by atoms with E-state index in [1.165, 1.54) is 9.80 Å². The number of ether oxygens (including phenoxy) is 1. The molecule has 1 saturated heterocycles. The van der Waals surface area contributed by atoms with Gasteiger partial charge in [0.15, 0.2) is 6.54 Å². The predicted octanol–water partition coefficient (Wildman–Crippen LogP) is 0.794. The molecule has 1 heterocycles. The molecule has 0 bridgehead atoms. The van der Waals surface area contributed by atoms with E-state index >= 15 is 0 Å². The first kappa shape index (κ1) is 20.0. The minimum Gasteiger partial charge on any atom is -0.488 e. The van der Waals surface area contributed by atoms with Crippen LogP contribution < -0.4 is 19.9 Å². The quantitative estimate of drug-likeness (QED) is 0.633. The summed E-state index contributed by atoms with van der Waals surface area (Å²) in [6.45, 7) is 6.19. The van der Waals surface area contributed by atoms with E-state index < -0.39 is 0 Å². The molecular formula is C20H25Cl2N3O2+2. The van der Waals surface area contributed by atoms with Crippen LogP contribution in [0.4, 0.5) is 5.69 Å². The van der Waals surface area contributed by atoms with E-state index in [4.69, 9.17) is 27.9 Å². The predicted molar refractivity (Wildman–Crippen MR) is 108 cm³/mol. The first-order valence-corrected chi connectivity index (χ1v) is 9.95. The van der Waals surface area contributed by atoms with Crippen molar-refractivity contribution in [3.05, 3.63) is 58.6 Å². The van der Waals surface area contributed by atoms with Crippen LogP contribution in [0.1, 0.15) is 0 Å². The monoisotopic (exact) mass is 409 g/mol. The molecule has 1 aliphatic heterocycles. The van der Waals surface area contributed by atoms with Gasteiger partial charge in [0.1, 0.15) is 45.1 Å². The van der Waals surface area contributed by atoms with Crippen molar-refractivity contribution in [1.82, 2.24) is 0 Å². The summed E-state index contributed by atoms with van der Waals surface area (Å²) in [7, 11) is 0. The lowest BCUT2D eigenvalue weighted by Gasteiger charge is -2.29. The number of rotatable bonds is 7. The zero-order chi connectivity index (χ0) is 19.1. The number of halogens is 2. The lowest BCUT2D eigenvalue weighted by molar-refractivity contribution is -1.01. The van der Waals surface area contributed by atoms with Gasteiger partial charge in [-0.3, -0.25) is 4.79 Å². The molecule has 0 atom stereocenters. The van der Waals surface area contributed by atoms with E-state index in [-0.39, 0.29) is 5.91 Å². The molecule has 3 N–H and O–H groups in total. The second-order valence-electron chi connectivity index (χ2n) is 6.79. The average Bonchev–Trinajstić information content (AvgIpc) is 2.63. The fourth-order valence-corrected chi connectivity index (χ4v) is 3.80. The highest BCUT2D eigenvalue weighted by molar-refractivity contribution is 6.35. The summed E-state index contributed by atoms with van der Waals surface area (Å²) >= 11 is 11.9. The van der Waals surface area contributed by atoms with Crippen LogP contribution in [0.3, 0.4) is 0 Å². The molecule has 0 spiro atoms. The van der Waals surface area contributed by atoms with Crippen molar-refractivity contribution in [2.75, 3.05) is 51.2 Å². The maximum Gasteiger partial charge on any atom is 0.279 e. The van der Waals surface area contributed by atoms with E-state index in [1.807, 2.05) is 30.3 Å². The van der Waals surface area contributed by atoms with Crippen LogP contribution in [0.2, 0.25) is 10.0 Å². The first-order chi connectivity index (χ1) is 13.1. The summed E-state index contributed by atoms with van der Waals surface area (Å²) in [6.07, 6.45) is 0. The normalized spacial score (nSPS) is 19.5. The Bertz CT molecular complexity index is 730. The molecule has 1 aliphatic rings.